The lowest BCUT2D eigenvalue weighted by Crippen LogP contribution is -2.42. The first-order chi connectivity index (χ1) is 13.4. The summed E-state index contributed by atoms with van der Waals surface area (Å²) >= 11 is 0. The Bertz CT molecular complexity index is 975. The minimum absolute atomic E-state index is 0.0785. The summed E-state index contributed by atoms with van der Waals surface area (Å²) in [5.41, 5.74) is 1.01. The molecule has 0 aromatic heterocycles. The van der Waals surface area contributed by atoms with Gasteiger partial charge in [-0.1, -0.05) is 6.07 Å². The maximum absolute atomic E-state index is 12.5. The van der Waals surface area contributed by atoms with Gasteiger partial charge in [-0.25, -0.2) is 8.42 Å². The molecule has 0 unspecified atom stereocenters. The number of nitrogens with one attached hydrogen (secondary N) is 3. The molecule has 0 saturated carbocycles. The summed E-state index contributed by atoms with van der Waals surface area (Å²) in [6, 6.07) is 14.7. The molecule has 4 rings (SSSR count). The van der Waals surface area contributed by atoms with E-state index in [1.54, 1.807) is 48.5 Å². The minimum Gasteiger partial charge on any atom is -0.457 e. The molecule has 2 heterocycles. The molecule has 0 spiro atoms. The second-order valence-corrected chi connectivity index (χ2v) is 9.14. The first-order valence-electron chi connectivity index (χ1n) is 9.28. The molecule has 8 heteroatoms. The van der Waals surface area contributed by atoms with Crippen LogP contribution in [0.15, 0.2) is 48.5 Å². The average molecular weight is 401 g/mol. The number of hydrogen-bond acceptors (Lipinski definition) is 5. The molecule has 1 amide bonds. The Morgan fingerprint density at radius 2 is 1.89 bits per heavy atom. The fraction of sp³-hybridized carbons (Fsp3) is 0.350. The van der Waals surface area contributed by atoms with Crippen LogP contribution in [0.5, 0.6) is 11.5 Å². The van der Waals surface area contributed by atoms with Gasteiger partial charge in [0.1, 0.15) is 11.5 Å². The highest BCUT2D eigenvalue weighted by molar-refractivity contribution is 7.92. The van der Waals surface area contributed by atoms with Crippen molar-refractivity contribution in [3.05, 3.63) is 54.1 Å². The van der Waals surface area contributed by atoms with E-state index in [9.17, 15) is 13.2 Å². The Morgan fingerprint density at radius 3 is 2.54 bits per heavy atom. The molecule has 2 aromatic rings. The highest BCUT2D eigenvalue weighted by Crippen LogP contribution is 2.29. The topological polar surface area (TPSA) is 96.5 Å². The van der Waals surface area contributed by atoms with Gasteiger partial charge < -0.3 is 15.4 Å². The summed E-state index contributed by atoms with van der Waals surface area (Å²) in [6.07, 6.45) is 4.41. The number of fused-ring (bicyclic) bond motifs is 2. The van der Waals surface area contributed by atoms with Crippen LogP contribution in [0.2, 0.25) is 0 Å². The van der Waals surface area contributed by atoms with Crippen molar-refractivity contribution >= 4 is 21.6 Å². The van der Waals surface area contributed by atoms with Crippen molar-refractivity contribution in [1.82, 2.24) is 10.6 Å². The van der Waals surface area contributed by atoms with E-state index in [1.165, 1.54) is 6.42 Å². The van der Waals surface area contributed by atoms with Crippen LogP contribution in [0, 0.1) is 0 Å². The van der Waals surface area contributed by atoms with Gasteiger partial charge in [0, 0.05) is 29.8 Å². The number of sulfonamides is 1. The predicted octanol–water partition coefficient (Wildman–Crippen LogP) is 2.47. The number of rotatable bonds is 6. The zero-order chi connectivity index (χ0) is 19.7. The van der Waals surface area contributed by atoms with Crippen molar-refractivity contribution < 1.29 is 17.9 Å². The van der Waals surface area contributed by atoms with Crippen LogP contribution in [-0.2, 0) is 10.0 Å². The van der Waals surface area contributed by atoms with E-state index < -0.39 is 10.0 Å². The maximum atomic E-state index is 12.5. The molecule has 2 aromatic carbocycles. The smallest absolute Gasteiger partial charge is 0.251 e. The molecular formula is C20H23N3O4S. The van der Waals surface area contributed by atoms with Gasteiger partial charge in [-0.3, -0.25) is 9.52 Å². The summed E-state index contributed by atoms with van der Waals surface area (Å²) in [4.78, 5) is 12.5. The van der Waals surface area contributed by atoms with Crippen molar-refractivity contribution in [2.45, 2.75) is 37.4 Å². The molecule has 28 heavy (non-hydrogen) atoms. The second-order valence-electron chi connectivity index (χ2n) is 7.39. The van der Waals surface area contributed by atoms with Crippen molar-refractivity contribution in [3.8, 4) is 11.5 Å². The van der Waals surface area contributed by atoms with Crippen LogP contribution in [0.4, 0.5) is 5.69 Å². The van der Waals surface area contributed by atoms with E-state index in [-0.39, 0.29) is 11.9 Å². The molecule has 148 valence electrons. The van der Waals surface area contributed by atoms with Crippen molar-refractivity contribution in [1.29, 1.82) is 0 Å². The summed E-state index contributed by atoms with van der Waals surface area (Å²) in [5, 5.41) is 6.63. The molecular weight excluding hydrogens is 378 g/mol. The quantitative estimate of drug-likeness (QED) is 0.691. The molecule has 2 aliphatic rings. The lowest BCUT2D eigenvalue weighted by molar-refractivity contribution is 0.0931. The Hall–Kier alpha value is -2.58. The monoisotopic (exact) mass is 401 g/mol. The Balaban J connectivity index is 1.38. The lowest BCUT2D eigenvalue weighted by Gasteiger charge is -2.21. The third-order valence-electron chi connectivity index (χ3n) is 5.11. The van der Waals surface area contributed by atoms with Gasteiger partial charge in [0.25, 0.3) is 5.91 Å². The summed E-state index contributed by atoms with van der Waals surface area (Å²) in [6.45, 7) is 0. The maximum Gasteiger partial charge on any atom is 0.251 e. The number of carbonyl (C=O) groups is 1. The third kappa shape index (κ3) is 4.45. The molecule has 0 aliphatic carbocycles. The van der Waals surface area contributed by atoms with E-state index in [1.807, 2.05) is 0 Å². The Morgan fingerprint density at radius 1 is 1.11 bits per heavy atom. The van der Waals surface area contributed by atoms with Crippen LogP contribution < -0.4 is 20.1 Å². The first kappa shape index (κ1) is 18.8. The van der Waals surface area contributed by atoms with Crippen LogP contribution in [0.3, 0.4) is 0 Å². The third-order valence-corrected chi connectivity index (χ3v) is 5.71. The number of amides is 1. The molecule has 0 radical (unpaired) electrons. The van der Waals surface area contributed by atoms with Crippen molar-refractivity contribution in [2.24, 2.45) is 0 Å². The first-order valence-corrected chi connectivity index (χ1v) is 11.2. The van der Waals surface area contributed by atoms with E-state index in [4.69, 9.17) is 4.74 Å². The number of ether oxygens (including phenoxy) is 1. The molecule has 7 nitrogen and oxygen atoms in total. The minimum atomic E-state index is -3.35. The fourth-order valence-electron chi connectivity index (χ4n) is 3.88. The average Bonchev–Trinajstić information content (AvgIpc) is 3.24. The fourth-order valence-corrected chi connectivity index (χ4v) is 4.44. The highest BCUT2D eigenvalue weighted by atomic mass is 32.2. The second kappa shape index (κ2) is 7.44. The summed E-state index contributed by atoms with van der Waals surface area (Å²) in [7, 11) is -3.35. The summed E-state index contributed by atoms with van der Waals surface area (Å²) in [5.74, 6) is 0.985. The summed E-state index contributed by atoms with van der Waals surface area (Å²) < 4.78 is 30.9. The Kier molecular flexibility index (Phi) is 4.99. The lowest BCUT2D eigenvalue weighted by atomic mass is 9.95. The number of carbonyl (C=O) groups excluding carboxylic acids is 1. The van der Waals surface area contributed by atoms with Crippen molar-refractivity contribution in [3.63, 3.8) is 0 Å². The van der Waals surface area contributed by atoms with Gasteiger partial charge in [0.05, 0.1) is 11.9 Å². The van der Waals surface area contributed by atoms with E-state index in [0.29, 0.717) is 34.8 Å². The van der Waals surface area contributed by atoms with Gasteiger partial charge >= 0.3 is 0 Å². The van der Waals surface area contributed by atoms with Gasteiger partial charge in [-0.05, 0) is 55.7 Å². The van der Waals surface area contributed by atoms with Crippen molar-refractivity contribution in [2.75, 3.05) is 11.0 Å². The highest BCUT2D eigenvalue weighted by Gasteiger charge is 2.39. The molecule has 3 atom stereocenters. The van der Waals surface area contributed by atoms with Crippen LogP contribution in [0.1, 0.15) is 29.6 Å². The van der Waals surface area contributed by atoms with Gasteiger partial charge in [0.15, 0.2) is 0 Å². The normalized spacial score (nSPS) is 23.4. The molecule has 3 N–H and O–H groups in total. The largest absolute Gasteiger partial charge is 0.457 e. The molecule has 2 aliphatic heterocycles. The van der Waals surface area contributed by atoms with E-state index >= 15 is 0 Å². The van der Waals surface area contributed by atoms with Crippen LogP contribution in [-0.4, -0.2) is 38.7 Å². The van der Waals surface area contributed by atoms with E-state index in [2.05, 4.69) is 15.4 Å². The van der Waals surface area contributed by atoms with Gasteiger partial charge in [-0.15, -0.1) is 0 Å². The van der Waals surface area contributed by atoms with Crippen LogP contribution in [0.25, 0.3) is 0 Å². The number of hydrogen-bond donors (Lipinski definition) is 3. The standard InChI is InChI=1S/C20H23N3O4S/c1-28(25,26)23-15-3-2-4-17(11-15)27-16-8-5-13(6-9-16)20(24)22-19-12-14-7-10-18(19)21-14/h2-6,8-9,11,14,18-19,21,23H,7,10,12H2,1H3,(H,22,24)/t14-,18+,19-/m1/s1. The molecule has 2 fully saturated rings. The zero-order valence-electron chi connectivity index (χ0n) is 15.5. The van der Waals surface area contributed by atoms with Crippen LogP contribution >= 0.6 is 0 Å². The van der Waals surface area contributed by atoms with E-state index in [0.717, 1.165) is 19.1 Å². The zero-order valence-corrected chi connectivity index (χ0v) is 16.3. The van der Waals surface area contributed by atoms with Gasteiger partial charge in [-0.2, -0.15) is 0 Å². The Labute approximate surface area is 164 Å². The number of benzene rings is 2. The molecule has 2 bridgehead atoms. The number of anilines is 1. The van der Waals surface area contributed by atoms with Gasteiger partial charge in [0.2, 0.25) is 10.0 Å². The SMILES string of the molecule is CS(=O)(=O)Nc1cccc(Oc2ccc(C(=O)N[C@@H]3C[C@H]4CC[C@@H]3N4)cc2)c1. The predicted molar refractivity (Wildman–Crippen MR) is 107 cm³/mol. The molecule has 2 saturated heterocycles.